The van der Waals surface area contributed by atoms with Gasteiger partial charge in [0.05, 0.1) is 13.0 Å². The van der Waals surface area contributed by atoms with Crippen molar-refractivity contribution in [3.8, 4) is 17.4 Å². The van der Waals surface area contributed by atoms with Crippen molar-refractivity contribution in [1.29, 1.82) is 0 Å². The fourth-order valence-electron chi connectivity index (χ4n) is 2.69. The van der Waals surface area contributed by atoms with Gasteiger partial charge in [-0.05, 0) is 24.3 Å². The van der Waals surface area contributed by atoms with Crippen LogP contribution in [0.15, 0.2) is 46.1 Å². The first-order chi connectivity index (χ1) is 13.0. The third kappa shape index (κ3) is 3.15. The first-order valence-corrected chi connectivity index (χ1v) is 9.37. The lowest BCUT2D eigenvalue weighted by Crippen LogP contribution is -2.48. The van der Waals surface area contributed by atoms with Crippen LogP contribution in [0.5, 0.6) is 5.75 Å². The highest BCUT2D eigenvalue weighted by Crippen LogP contribution is 2.35. The van der Waals surface area contributed by atoms with E-state index in [9.17, 15) is 12.8 Å². The van der Waals surface area contributed by atoms with Crippen molar-refractivity contribution in [2.45, 2.75) is 10.8 Å². The van der Waals surface area contributed by atoms with E-state index >= 15 is 0 Å². The number of methoxy groups -OCH3 is 1. The number of halogens is 1. The second-order valence-electron chi connectivity index (χ2n) is 5.84. The fraction of sp³-hybridized carbons (Fsp3) is 0.250. The average Bonchev–Trinajstić information content (AvgIpc) is 3.10. The third-order valence-electron chi connectivity index (χ3n) is 4.15. The Bertz CT molecular complexity index is 1070. The molecule has 0 N–H and O–H groups in total. The van der Waals surface area contributed by atoms with Gasteiger partial charge >= 0.3 is 0 Å². The van der Waals surface area contributed by atoms with E-state index in [1.165, 1.54) is 17.5 Å². The van der Waals surface area contributed by atoms with Crippen molar-refractivity contribution < 1.29 is 22.1 Å². The molecule has 0 saturated carbocycles. The molecule has 2 aromatic heterocycles. The summed E-state index contributed by atoms with van der Waals surface area (Å²) in [6.07, 6.45) is 3.12. The molecule has 3 aromatic rings. The molecular formula is C16H14FN5O4S. The Kier molecular flexibility index (Phi) is 4.32. The number of sulfonamides is 1. The molecule has 0 spiro atoms. The maximum absolute atomic E-state index is 13.5. The average molecular weight is 391 g/mol. The van der Waals surface area contributed by atoms with Gasteiger partial charge in [-0.25, -0.2) is 22.8 Å². The topological polar surface area (TPSA) is 111 Å². The standard InChI is InChI=1S/C16H14FN5O4S/c1-25-12-4-3-11(17)7-13(12)27(23,24)22-8-10(9-22)16-20-15(21-26-16)14-18-5-2-6-19-14/h2-7,10H,8-9H2,1H3. The highest BCUT2D eigenvalue weighted by molar-refractivity contribution is 7.89. The molecule has 0 unspecified atom stereocenters. The van der Waals surface area contributed by atoms with E-state index < -0.39 is 15.8 Å². The molecule has 3 heterocycles. The van der Waals surface area contributed by atoms with Gasteiger partial charge in [0.1, 0.15) is 16.5 Å². The van der Waals surface area contributed by atoms with Gasteiger partial charge in [-0.3, -0.25) is 0 Å². The smallest absolute Gasteiger partial charge is 0.246 e. The second-order valence-corrected chi connectivity index (χ2v) is 7.75. The Morgan fingerprint density at radius 2 is 1.96 bits per heavy atom. The number of aromatic nitrogens is 4. The van der Waals surface area contributed by atoms with Crippen molar-refractivity contribution >= 4 is 10.0 Å². The third-order valence-corrected chi connectivity index (χ3v) is 6.00. The predicted molar refractivity (Wildman–Crippen MR) is 89.8 cm³/mol. The van der Waals surface area contributed by atoms with E-state index in [1.807, 2.05) is 0 Å². The maximum atomic E-state index is 13.5. The summed E-state index contributed by atoms with van der Waals surface area (Å²) in [7, 11) is -2.57. The van der Waals surface area contributed by atoms with Crippen molar-refractivity contribution in [3.63, 3.8) is 0 Å². The lowest BCUT2D eigenvalue weighted by atomic mass is 10.0. The summed E-state index contributed by atoms with van der Waals surface area (Å²) in [5.74, 6) is 0.0240. The van der Waals surface area contributed by atoms with Crippen LogP contribution in [0.3, 0.4) is 0 Å². The quantitative estimate of drug-likeness (QED) is 0.643. The molecule has 1 aliphatic heterocycles. The van der Waals surface area contributed by atoms with Crippen molar-refractivity contribution in [2.24, 2.45) is 0 Å². The number of benzene rings is 1. The van der Waals surface area contributed by atoms with E-state index in [2.05, 4.69) is 20.1 Å². The molecule has 0 atom stereocenters. The van der Waals surface area contributed by atoms with Crippen LogP contribution in [0.1, 0.15) is 11.8 Å². The highest BCUT2D eigenvalue weighted by atomic mass is 32.2. The predicted octanol–water partition coefficient (Wildman–Crippen LogP) is 1.46. The first-order valence-electron chi connectivity index (χ1n) is 7.93. The Balaban J connectivity index is 1.51. The molecule has 1 saturated heterocycles. The van der Waals surface area contributed by atoms with E-state index in [0.29, 0.717) is 11.7 Å². The van der Waals surface area contributed by atoms with Gasteiger partial charge < -0.3 is 9.26 Å². The van der Waals surface area contributed by atoms with Crippen LogP contribution in [0.25, 0.3) is 11.6 Å². The molecule has 1 aromatic carbocycles. The van der Waals surface area contributed by atoms with Crippen molar-refractivity contribution in [1.82, 2.24) is 24.4 Å². The zero-order valence-electron chi connectivity index (χ0n) is 14.1. The number of ether oxygens (including phenoxy) is 1. The number of hydrogen-bond acceptors (Lipinski definition) is 8. The lowest BCUT2D eigenvalue weighted by Gasteiger charge is -2.36. The fourth-order valence-corrected chi connectivity index (χ4v) is 4.39. The summed E-state index contributed by atoms with van der Waals surface area (Å²) in [6, 6.07) is 5.03. The van der Waals surface area contributed by atoms with Crippen LogP contribution in [0.4, 0.5) is 4.39 Å². The van der Waals surface area contributed by atoms with Gasteiger partial charge in [-0.2, -0.15) is 9.29 Å². The molecule has 0 aliphatic carbocycles. The molecule has 0 amide bonds. The van der Waals surface area contributed by atoms with Crippen LogP contribution in [-0.2, 0) is 10.0 Å². The summed E-state index contributed by atoms with van der Waals surface area (Å²) in [5.41, 5.74) is 0. The van der Waals surface area contributed by atoms with Gasteiger partial charge in [0, 0.05) is 25.5 Å². The van der Waals surface area contributed by atoms with Gasteiger partial charge in [-0.1, -0.05) is 5.16 Å². The summed E-state index contributed by atoms with van der Waals surface area (Å²) >= 11 is 0. The summed E-state index contributed by atoms with van der Waals surface area (Å²) in [5, 5.41) is 3.83. The second kappa shape index (κ2) is 6.67. The molecule has 0 radical (unpaired) electrons. The molecule has 140 valence electrons. The molecule has 11 heteroatoms. The molecule has 4 rings (SSSR count). The van der Waals surface area contributed by atoms with Crippen LogP contribution in [-0.4, -0.2) is 53.0 Å². The van der Waals surface area contributed by atoms with Gasteiger partial charge in [0.25, 0.3) is 0 Å². The molecule has 9 nitrogen and oxygen atoms in total. The summed E-state index contributed by atoms with van der Waals surface area (Å²) < 4.78 is 50.5. The van der Waals surface area contributed by atoms with Crippen LogP contribution in [0.2, 0.25) is 0 Å². The lowest BCUT2D eigenvalue weighted by molar-refractivity contribution is 0.216. The Hall–Kier alpha value is -2.92. The van der Waals surface area contributed by atoms with E-state index in [0.717, 1.165) is 12.1 Å². The normalized spacial score (nSPS) is 15.5. The molecular weight excluding hydrogens is 377 g/mol. The maximum Gasteiger partial charge on any atom is 0.246 e. The minimum atomic E-state index is -3.90. The molecule has 1 aliphatic rings. The molecule has 1 fully saturated rings. The SMILES string of the molecule is COc1ccc(F)cc1S(=O)(=O)N1CC(c2nc(-c3ncccn3)no2)C1. The minimum Gasteiger partial charge on any atom is -0.495 e. The van der Waals surface area contributed by atoms with Crippen molar-refractivity contribution in [3.05, 3.63) is 48.4 Å². The summed E-state index contributed by atoms with van der Waals surface area (Å²) in [6.45, 7) is 0.276. The van der Waals surface area contributed by atoms with Crippen LogP contribution >= 0.6 is 0 Å². The number of hydrogen-bond donors (Lipinski definition) is 0. The molecule has 27 heavy (non-hydrogen) atoms. The Labute approximate surface area is 153 Å². The zero-order valence-corrected chi connectivity index (χ0v) is 14.9. The Morgan fingerprint density at radius 1 is 1.22 bits per heavy atom. The number of nitrogens with zero attached hydrogens (tertiary/aromatic N) is 5. The zero-order chi connectivity index (χ0) is 19.0. The largest absolute Gasteiger partial charge is 0.495 e. The highest BCUT2D eigenvalue weighted by Gasteiger charge is 2.41. The van der Waals surface area contributed by atoms with Gasteiger partial charge in [-0.15, -0.1) is 0 Å². The van der Waals surface area contributed by atoms with E-state index in [1.54, 1.807) is 18.5 Å². The van der Waals surface area contributed by atoms with Crippen molar-refractivity contribution in [2.75, 3.05) is 20.2 Å². The summed E-state index contributed by atoms with van der Waals surface area (Å²) in [4.78, 5) is 12.1. The molecule has 0 bridgehead atoms. The first kappa shape index (κ1) is 17.5. The minimum absolute atomic E-state index is 0.0844. The van der Waals surface area contributed by atoms with Crippen LogP contribution < -0.4 is 4.74 Å². The van der Waals surface area contributed by atoms with E-state index in [-0.39, 0.29) is 35.5 Å². The van der Waals surface area contributed by atoms with E-state index in [4.69, 9.17) is 9.26 Å². The van der Waals surface area contributed by atoms with Gasteiger partial charge in [0.15, 0.2) is 0 Å². The number of rotatable bonds is 5. The Morgan fingerprint density at radius 3 is 2.67 bits per heavy atom. The monoisotopic (exact) mass is 391 g/mol. The van der Waals surface area contributed by atoms with Crippen LogP contribution in [0, 0.1) is 5.82 Å². The van der Waals surface area contributed by atoms with Gasteiger partial charge in [0.2, 0.25) is 27.6 Å².